The van der Waals surface area contributed by atoms with Gasteiger partial charge in [-0.25, -0.2) is 4.79 Å². The van der Waals surface area contributed by atoms with Crippen LogP contribution in [0.1, 0.15) is 46.5 Å². The van der Waals surface area contributed by atoms with E-state index in [4.69, 9.17) is 21.3 Å². The zero-order valence-electron chi connectivity index (χ0n) is 21.8. The van der Waals surface area contributed by atoms with E-state index in [1.807, 2.05) is 32.9 Å². The molecule has 3 aromatic heterocycles. The maximum absolute atomic E-state index is 13.7. The van der Waals surface area contributed by atoms with Crippen LogP contribution in [0.4, 0.5) is 10.7 Å². The molecule has 2 N–H and O–H groups in total. The summed E-state index contributed by atoms with van der Waals surface area (Å²) >= 11 is 6.72. The normalized spacial score (nSPS) is 21.3. The Morgan fingerprint density at radius 1 is 1.13 bits per heavy atom. The average molecular weight is 536 g/mol. The fraction of sp³-hybridized carbons (Fsp3) is 0.444. The fourth-order valence-corrected chi connectivity index (χ4v) is 6.21. The molecule has 5 heterocycles. The first-order chi connectivity index (χ1) is 18.1. The number of amides is 1. The van der Waals surface area contributed by atoms with Crippen molar-refractivity contribution in [3.63, 3.8) is 0 Å². The number of anilines is 1. The van der Waals surface area contributed by atoms with Crippen LogP contribution in [0.25, 0.3) is 33.2 Å². The summed E-state index contributed by atoms with van der Waals surface area (Å²) in [6.07, 6.45) is 8.11. The number of H-pyrrole nitrogens is 1. The number of rotatable bonds is 3. The van der Waals surface area contributed by atoms with Crippen molar-refractivity contribution in [3.8, 4) is 11.1 Å². The van der Waals surface area contributed by atoms with E-state index in [2.05, 4.69) is 25.2 Å². The number of fused-ring (bicyclic) bond motifs is 4. The standard InChI is InChI=1S/C27H30ClN7O3/c1-27(2,3)38-26(37)32-14-11-15-5-6-16(12-14)35(15)25-33-23-20(24(36)34(25)4)18(13-31-23)17-7-8-19-22(21(17)28)30-10-9-29-19/h7-10,13-16,31H,5-6,11-12H2,1-4H3,(H,32,37)/t14-,15+,16-. The molecule has 0 spiro atoms. The highest BCUT2D eigenvalue weighted by Gasteiger charge is 2.43. The Balaban J connectivity index is 1.32. The molecule has 0 aliphatic carbocycles. The van der Waals surface area contributed by atoms with Crippen LogP contribution in [0.15, 0.2) is 35.5 Å². The number of halogens is 1. The summed E-state index contributed by atoms with van der Waals surface area (Å²) in [6.45, 7) is 5.57. The van der Waals surface area contributed by atoms with Crippen LogP contribution in [0.5, 0.6) is 0 Å². The Hall–Kier alpha value is -3.66. The number of carbonyl (C=O) groups excluding carboxylic acids is 1. The van der Waals surface area contributed by atoms with E-state index in [0.29, 0.717) is 44.2 Å². The van der Waals surface area contributed by atoms with Gasteiger partial charge in [-0.05, 0) is 52.5 Å². The predicted octanol–water partition coefficient (Wildman–Crippen LogP) is 4.55. The molecule has 2 bridgehead atoms. The highest BCUT2D eigenvalue weighted by atomic mass is 35.5. The molecule has 1 amide bonds. The number of benzene rings is 1. The summed E-state index contributed by atoms with van der Waals surface area (Å²) in [5, 5.41) is 3.96. The van der Waals surface area contributed by atoms with Gasteiger partial charge in [0.05, 0.1) is 15.9 Å². The van der Waals surface area contributed by atoms with Crippen molar-refractivity contribution in [1.29, 1.82) is 0 Å². The van der Waals surface area contributed by atoms with E-state index in [9.17, 15) is 9.59 Å². The molecule has 2 aliphatic rings. The number of hydrogen-bond donors (Lipinski definition) is 2. The molecular weight excluding hydrogens is 506 g/mol. The van der Waals surface area contributed by atoms with Gasteiger partial charge in [-0.15, -0.1) is 0 Å². The molecule has 1 aromatic carbocycles. The zero-order valence-corrected chi connectivity index (χ0v) is 22.5. The number of aromatic nitrogens is 5. The lowest BCUT2D eigenvalue weighted by Gasteiger charge is -2.40. The minimum absolute atomic E-state index is 0.0228. The summed E-state index contributed by atoms with van der Waals surface area (Å²) in [5.74, 6) is 0.634. The van der Waals surface area contributed by atoms with Gasteiger partial charge >= 0.3 is 6.09 Å². The average Bonchev–Trinajstić information content (AvgIpc) is 3.38. The highest BCUT2D eigenvalue weighted by molar-refractivity contribution is 6.38. The second kappa shape index (κ2) is 8.97. The van der Waals surface area contributed by atoms with Gasteiger partial charge in [0.1, 0.15) is 16.8 Å². The Bertz CT molecular complexity index is 1610. The lowest BCUT2D eigenvalue weighted by molar-refractivity contribution is 0.0492. The summed E-state index contributed by atoms with van der Waals surface area (Å²) in [5.41, 5.74) is 2.48. The number of ether oxygens (including phenoxy) is 1. The van der Waals surface area contributed by atoms with Crippen molar-refractivity contribution < 1.29 is 9.53 Å². The van der Waals surface area contributed by atoms with E-state index < -0.39 is 5.60 Å². The Morgan fingerprint density at radius 2 is 1.84 bits per heavy atom. The molecule has 0 saturated carbocycles. The number of piperidine rings is 1. The monoisotopic (exact) mass is 535 g/mol. The van der Waals surface area contributed by atoms with Gasteiger partial charge in [0.15, 0.2) is 0 Å². The largest absolute Gasteiger partial charge is 0.444 e. The van der Waals surface area contributed by atoms with Crippen LogP contribution in [-0.2, 0) is 11.8 Å². The van der Waals surface area contributed by atoms with Crippen LogP contribution in [0.3, 0.4) is 0 Å². The number of aromatic amines is 1. The topological polar surface area (TPSA) is 118 Å². The molecule has 3 atom stereocenters. The van der Waals surface area contributed by atoms with Crippen molar-refractivity contribution in [3.05, 3.63) is 46.1 Å². The third kappa shape index (κ3) is 4.16. The molecule has 0 unspecified atom stereocenters. The summed E-state index contributed by atoms with van der Waals surface area (Å²) < 4.78 is 7.08. The second-order valence-electron chi connectivity index (χ2n) is 11.2. The lowest BCUT2D eigenvalue weighted by Crippen LogP contribution is -2.52. The number of nitrogens with zero attached hydrogens (tertiary/aromatic N) is 5. The van der Waals surface area contributed by atoms with Crippen LogP contribution in [0, 0.1) is 0 Å². The van der Waals surface area contributed by atoms with E-state index in [1.54, 1.807) is 30.2 Å². The molecule has 0 radical (unpaired) electrons. The Labute approximate surface area is 224 Å². The van der Waals surface area contributed by atoms with Crippen LogP contribution < -0.4 is 15.8 Å². The van der Waals surface area contributed by atoms with E-state index in [-0.39, 0.29) is 29.8 Å². The number of nitrogens with one attached hydrogen (secondary N) is 2. The molecule has 11 heteroatoms. The van der Waals surface area contributed by atoms with Crippen LogP contribution >= 0.6 is 11.6 Å². The van der Waals surface area contributed by atoms with Crippen molar-refractivity contribution >= 4 is 45.7 Å². The van der Waals surface area contributed by atoms with Gasteiger partial charge in [0, 0.05) is 54.9 Å². The smallest absolute Gasteiger partial charge is 0.407 e. The van der Waals surface area contributed by atoms with E-state index in [1.165, 1.54) is 0 Å². The molecule has 6 rings (SSSR count). The van der Waals surface area contributed by atoms with Crippen LogP contribution in [0.2, 0.25) is 5.02 Å². The summed E-state index contributed by atoms with van der Waals surface area (Å²) in [4.78, 5) is 45.1. The first-order valence-corrected chi connectivity index (χ1v) is 13.2. The quantitative estimate of drug-likeness (QED) is 0.395. The first-order valence-electron chi connectivity index (χ1n) is 12.9. The van der Waals surface area contributed by atoms with Crippen molar-refractivity contribution in [2.24, 2.45) is 7.05 Å². The molecule has 2 aliphatic heterocycles. The van der Waals surface area contributed by atoms with Crippen molar-refractivity contribution in [2.75, 3.05) is 4.90 Å². The van der Waals surface area contributed by atoms with E-state index in [0.717, 1.165) is 25.7 Å². The first kappa shape index (κ1) is 24.7. The van der Waals surface area contributed by atoms with Crippen molar-refractivity contribution in [2.45, 2.75) is 70.2 Å². The molecule has 198 valence electrons. The molecule has 10 nitrogen and oxygen atoms in total. The second-order valence-corrected chi connectivity index (χ2v) is 11.5. The van der Waals surface area contributed by atoms with Gasteiger partial charge in [-0.2, -0.15) is 4.98 Å². The highest BCUT2D eigenvalue weighted by Crippen LogP contribution is 2.40. The van der Waals surface area contributed by atoms with Crippen molar-refractivity contribution in [1.82, 2.24) is 29.8 Å². The maximum atomic E-state index is 13.7. The summed E-state index contributed by atoms with van der Waals surface area (Å²) in [6, 6.07) is 4.08. The molecule has 2 saturated heterocycles. The van der Waals surface area contributed by atoms with E-state index >= 15 is 0 Å². The predicted molar refractivity (Wildman–Crippen MR) is 147 cm³/mol. The minimum atomic E-state index is -0.541. The van der Waals surface area contributed by atoms with Gasteiger partial charge < -0.3 is 19.9 Å². The Kier molecular flexibility index (Phi) is 5.82. The SMILES string of the molecule is Cn1c(N2[C@@H]3CC[C@H]2C[C@@H](NC(=O)OC(C)(C)C)C3)nc2[nH]cc(-c3ccc4nccnc4c3Cl)c2c1=O. The molecule has 38 heavy (non-hydrogen) atoms. The summed E-state index contributed by atoms with van der Waals surface area (Å²) in [7, 11) is 1.76. The van der Waals surface area contributed by atoms with Gasteiger partial charge in [-0.3, -0.25) is 19.3 Å². The number of hydrogen-bond acceptors (Lipinski definition) is 7. The third-order valence-corrected chi connectivity index (χ3v) is 7.83. The molecule has 4 aromatic rings. The maximum Gasteiger partial charge on any atom is 0.407 e. The number of carbonyl (C=O) groups is 1. The minimum Gasteiger partial charge on any atom is -0.444 e. The third-order valence-electron chi connectivity index (χ3n) is 7.44. The lowest BCUT2D eigenvalue weighted by atomic mass is 9.98. The van der Waals surface area contributed by atoms with Gasteiger partial charge in [0.2, 0.25) is 5.95 Å². The zero-order chi connectivity index (χ0) is 26.8. The molecule has 2 fully saturated rings. The Morgan fingerprint density at radius 3 is 2.55 bits per heavy atom. The van der Waals surface area contributed by atoms with Crippen LogP contribution in [-0.4, -0.2) is 54.3 Å². The van der Waals surface area contributed by atoms with Gasteiger partial charge in [0.25, 0.3) is 5.56 Å². The van der Waals surface area contributed by atoms with Gasteiger partial charge in [-0.1, -0.05) is 17.7 Å². The number of alkyl carbamates (subject to hydrolysis) is 1. The fourth-order valence-electron chi connectivity index (χ4n) is 5.90. The molecular formula is C27H30ClN7O3.